The van der Waals surface area contributed by atoms with Crippen molar-refractivity contribution in [2.45, 2.75) is 6.54 Å². The number of anilines is 1. The number of nitrogens with one attached hydrogen (secondary N) is 1. The highest BCUT2D eigenvalue weighted by molar-refractivity contribution is 9.10. The Bertz CT molecular complexity index is 627. The molecule has 0 heterocycles. The molecule has 0 spiro atoms. The van der Waals surface area contributed by atoms with Crippen LogP contribution in [0, 0.1) is 11.6 Å². The standard InChI is InChI=1S/C15H14BrF2NO2/c1-20-11-3-4-14(21-2)9(5-11)8-19-15-12(17)6-10(16)7-13(15)18/h3-7,19H,8H2,1-2H3. The van der Waals surface area contributed by atoms with E-state index in [9.17, 15) is 8.78 Å². The largest absolute Gasteiger partial charge is 0.497 e. The summed E-state index contributed by atoms with van der Waals surface area (Å²) in [6, 6.07) is 7.65. The van der Waals surface area contributed by atoms with Gasteiger partial charge in [-0.3, -0.25) is 0 Å². The van der Waals surface area contributed by atoms with Crippen molar-refractivity contribution < 1.29 is 18.3 Å². The van der Waals surface area contributed by atoms with Crippen LogP contribution in [-0.2, 0) is 6.54 Å². The van der Waals surface area contributed by atoms with Gasteiger partial charge in [-0.1, -0.05) is 15.9 Å². The molecule has 112 valence electrons. The highest BCUT2D eigenvalue weighted by atomic mass is 79.9. The smallest absolute Gasteiger partial charge is 0.150 e. The zero-order valence-electron chi connectivity index (χ0n) is 11.5. The first kappa shape index (κ1) is 15.6. The summed E-state index contributed by atoms with van der Waals surface area (Å²) in [5, 5.41) is 2.74. The highest BCUT2D eigenvalue weighted by Gasteiger charge is 2.12. The summed E-state index contributed by atoms with van der Waals surface area (Å²) in [5.41, 5.74) is 0.557. The van der Waals surface area contributed by atoms with Gasteiger partial charge in [0.25, 0.3) is 0 Å². The summed E-state index contributed by atoms with van der Waals surface area (Å²) in [6.45, 7) is 0.204. The van der Waals surface area contributed by atoms with E-state index in [4.69, 9.17) is 9.47 Å². The van der Waals surface area contributed by atoms with Crippen LogP contribution < -0.4 is 14.8 Å². The number of hydrogen-bond donors (Lipinski definition) is 1. The molecular weight excluding hydrogens is 344 g/mol. The Labute approximate surface area is 130 Å². The molecule has 0 radical (unpaired) electrons. The molecule has 2 rings (SSSR count). The van der Waals surface area contributed by atoms with Crippen LogP contribution in [0.2, 0.25) is 0 Å². The highest BCUT2D eigenvalue weighted by Crippen LogP contribution is 2.27. The number of halogens is 3. The normalized spacial score (nSPS) is 10.3. The van der Waals surface area contributed by atoms with E-state index in [2.05, 4.69) is 21.2 Å². The van der Waals surface area contributed by atoms with Crippen molar-refractivity contribution in [3.63, 3.8) is 0 Å². The Morgan fingerprint density at radius 3 is 2.29 bits per heavy atom. The summed E-state index contributed by atoms with van der Waals surface area (Å²) in [7, 11) is 3.08. The summed E-state index contributed by atoms with van der Waals surface area (Å²) < 4.78 is 38.2. The predicted octanol–water partition coefficient (Wildman–Crippen LogP) is 4.36. The van der Waals surface area contributed by atoms with E-state index in [1.165, 1.54) is 19.2 Å². The fraction of sp³-hybridized carbons (Fsp3) is 0.200. The van der Waals surface area contributed by atoms with Crippen molar-refractivity contribution in [2.24, 2.45) is 0 Å². The maximum absolute atomic E-state index is 13.8. The lowest BCUT2D eigenvalue weighted by Crippen LogP contribution is -2.05. The molecule has 21 heavy (non-hydrogen) atoms. The molecule has 0 unspecified atom stereocenters. The van der Waals surface area contributed by atoms with Crippen LogP contribution >= 0.6 is 15.9 Å². The van der Waals surface area contributed by atoms with E-state index in [0.29, 0.717) is 16.0 Å². The average Bonchev–Trinajstić information content (AvgIpc) is 2.45. The second-order valence-electron chi connectivity index (χ2n) is 4.28. The Balaban J connectivity index is 2.24. The molecule has 0 aliphatic carbocycles. The van der Waals surface area contributed by atoms with E-state index >= 15 is 0 Å². The monoisotopic (exact) mass is 357 g/mol. The second-order valence-corrected chi connectivity index (χ2v) is 5.19. The minimum atomic E-state index is -0.663. The van der Waals surface area contributed by atoms with Crippen molar-refractivity contribution in [3.8, 4) is 11.5 Å². The van der Waals surface area contributed by atoms with Gasteiger partial charge in [0.2, 0.25) is 0 Å². The fourth-order valence-electron chi connectivity index (χ4n) is 1.91. The third-order valence-corrected chi connectivity index (χ3v) is 3.41. The molecule has 0 amide bonds. The number of hydrogen-bond acceptors (Lipinski definition) is 3. The molecule has 0 atom stereocenters. The van der Waals surface area contributed by atoms with Crippen molar-refractivity contribution in [1.29, 1.82) is 0 Å². The van der Waals surface area contributed by atoms with Crippen LogP contribution in [0.3, 0.4) is 0 Å². The molecule has 0 saturated carbocycles. The first-order valence-electron chi connectivity index (χ1n) is 6.14. The third-order valence-electron chi connectivity index (χ3n) is 2.95. The van der Waals surface area contributed by atoms with E-state index in [-0.39, 0.29) is 12.2 Å². The molecule has 0 fully saturated rings. The SMILES string of the molecule is COc1ccc(OC)c(CNc2c(F)cc(Br)cc2F)c1. The second kappa shape index (κ2) is 6.76. The lowest BCUT2D eigenvalue weighted by atomic mass is 10.1. The topological polar surface area (TPSA) is 30.5 Å². The molecule has 2 aromatic rings. The van der Waals surface area contributed by atoms with Gasteiger partial charge < -0.3 is 14.8 Å². The molecule has 3 nitrogen and oxygen atoms in total. The quantitative estimate of drug-likeness (QED) is 0.862. The van der Waals surface area contributed by atoms with Gasteiger partial charge in [-0.05, 0) is 30.3 Å². The van der Waals surface area contributed by atoms with Gasteiger partial charge in [-0.2, -0.15) is 0 Å². The molecule has 6 heteroatoms. The minimum absolute atomic E-state index is 0.178. The Hall–Kier alpha value is -1.82. The lowest BCUT2D eigenvalue weighted by Gasteiger charge is -2.13. The number of methoxy groups -OCH3 is 2. The van der Waals surface area contributed by atoms with Crippen LogP contribution in [0.4, 0.5) is 14.5 Å². The minimum Gasteiger partial charge on any atom is -0.497 e. The van der Waals surface area contributed by atoms with Crippen LogP contribution in [0.15, 0.2) is 34.8 Å². The van der Waals surface area contributed by atoms with E-state index in [0.717, 1.165) is 5.56 Å². The molecule has 0 aromatic heterocycles. The van der Waals surface area contributed by atoms with Gasteiger partial charge in [0.1, 0.15) is 28.8 Å². The first-order chi connectivity index (χ1) is 10.0. The van der Waals surface area contributed by atoms with Crippen molar-refractivity contribution in [1.82, 2.24) is 0 Å². The van der Waals surface area contributed by atoms with E-state index in [1.54, 1.807) is 25.3 Å². The summed E-state index contributed by atoms with van der Waals surface area (Å²) in [5.74, 6) is -0.0712. The molecule has 0 saturated heterocycles. The molecule has 2 aromatic carbocycles. The maximum atomic E-state index is 13.8. The predicted molar refractivity (Wildman–Crippen MR) is 80.9 cm³/mol. The van der Waals surface area contributed by atoms with Gasteiger partial charge in [-0.15, -0.1) is 0 Å². The molecule has 0 aliphatic heterocycles. The van der Waals surface area contributed by atoms with Gasteiger partial charge in [0.15, 0.2) is 0 Å². The van der Waals surface area contributed by atoms with Crippen LogP contribution in [0.5, 0.6) is 11.5 Å². The Morgan fingerprint density at radius 1 is 1.05 bits per heavy atom. The van der Waals surface area contributed by atoms with Crippen LogP contribution in [0.25, 0.3) is 0 Å². The Kier molecular flexibility index (Phi) is 5.01. The van der Waals surface area contributed by atoms with Gasteiger partial charge in [0.05, 0.1) is 14.2 Å². The van der Waals surface area contributed by atoms with Gasteiger partial charge >= 0.3 is 0 Å². The van der Waals surface area contributed by atoms with E-state index in [1.807, 2.05) is 0 Å². The summed E-state index contributed by atoms with van der Waals surface area (Å²) >= 11 is 3.04. The average molecular weight is 358 g/mol. The molecule has 0 aliphatic rings. The van der Waals surface area contributed by atoms with Gasteiger partial charge in [-0.25, -0.2) is 8.78 Å². The van der Waals surface area contributed by atoms with Crippen LogP contribution in [-0.4, -0.2) is 14.2 Å². The van der Waals surface area contributed by atoms with Crippen molar-refractivity contribution >= 4 is 21.6 Å². The number of ether oxygens (including phenoxy) is 2. The number of benzene rings is 2. The Morgan fingerprint density at radius 2 is 1.71 bits per heavy atom. The molecular formula is C15H14BrF2NO2. The van der Waals surface area contributed by atoms with Crippen LogP contribution in [0.1, 0.15) is 5.56 Å². The zero-order valence-corrected chi connectivity index (χ0v) is 13.1. The zero-order chi connectivity index (χ0) is 15.4. The lowest BCUT2D eigenvalue weighted by molar-refractivity contribution is 0.399. The summed E-state index contributed by atoms with van der Waals surface area (Å²) in [4.78, 5) is 0. The fourth-order valence-corrected chi connectivity index (χ4v) is 2.32. The van der Waals surface area contributed by atoms with Crippen molar-refractivity contribution in [3.05, 3.63) is 52.0 Å². The number of rotatable bonds is 5. The first-order valence-corrected chi connectivity index (χ1v) is 6.93. The molecule has 0 bridgehead atoms. The van der Waals surface area contributed by atoms with Crippen molar-refractivity contribution in [2.75, 3.05) is 19.5 Å². The van der Waals surface area contributed by atoms with Gasteiger partial charge in [0, 0.05) is 16.6 Å². The summed E-state index contributed by atoms with van der Waals surface area (Å²) in [6.07, 6.45) is 0. The maximum Gasteiger partial charge on any atom is 0.150 e. The third kappa shape index (κ3) is 3.64. The van der Waals surface area contributed by atoms with E-state index < -0.39 is 11.6 Å². The molecule has 1 N–H and O–H groups in total.